The molecule has 0 aliphatic carbocycles. The smallest absolute Gasteiger partial charge is 0.270 e. The molecule has 0 saturated carbocycles. The SMILES string of the molecule is Cc1ccc(CNc2cc(C#N)c3cc([N+](=O)[O-])ccc3n2)cc1F. The Bertz CT molecular complexity index is 1030. The van der Waals surface area contributed by atoms with Crippen molar-refractivity contribution in [3.05, 3.63) is 75.1 Å². The molecule has 3 rings (SSSR count). The topological polar surface area (TPSA) is 91.8 Å². The van der Waals surface area contributed by atoms with E-state index in [0.29, 0.717) is 28.8 Å². The van der Waals surface area contributed by atoms with E-state index in [1.165, 1.54) is 30.3 Å². The first kappa shape index (κ1) is 16.3. The molecule has 0 unspecified atom stereocenters. The first-order valence-corrected chi connectivity index (χ1v) is 7.46. The number of nitrogens with zero attached hydrogens (tertiary/aromatic N) is 3. The number of nitro groups is 1. The second-order valence-corrected chi connectivity index (χ2v) is 5.56. The molecule has 0 fully saturated rings. The van der Waals surface area contributed by atoms with Crippen LogP contribution in [0, 0.1) is 34.2 Å². The lowest BCUT2D eigenvalue weighted by atomic mass is 10.1. The summed E-state index contributed by atoms with van der Waals surface area (Å²) in [5, 5.41) is 23.7. The average Bonchev–Trinajstić information content (AvgIpc) is 2.61. The quantitative estimate of drug-likeness (QED) is 0.572. The van der Waals surface area contributed by atoms with Crippen molar-refractivity contribution in [2.75, 3.05) is 5.32 Å². The van der Waals surface area contributed by atoms with Gasteiger partial charge in [-0.25, -0.2) is 9.37 Å². The fourth-order valence-electron chi connectivity index (χ4n) is 2.45. The summed E-state index contributed by atoms with van der Waals surface area (Å²) in [6.45, 7) is 2.03. The number of aryl methyl sites for hydroxylation is 1. The van der Waals surface area contributed by atoms with Gasteiger partial charge >= 0.3 is 0 Å². The molecule has 124 valence electrons. The number of nitriles is 1. The Kier molecular flexibility index (Phi) is 4.27. The van der Waals surface area contributed by atoms with E-state index in [1.807, 2.05) is 6.07 Å². The summed E-state index contributed by atoms with van der Waals surface area (Å²) in [6.07, 6.45) is 0. The lowest BCUT2D eigenvalue weighted by molar-refractivity contribution is -0.384. The first-order chi connectivity index (χ1) is 12.0. The molecule has 3 aromatic rings. The maximum atomic E-state index is 13.6. The van der Waals surface area contributed by atoms with E-state index in [9.17, 15) is 19.8 Å². The minimum Gasteiger partial charge on any atom is -0.366 e. The highest BCUT2D eigenvalue weighted by atomic mass is 19.1. The molecule has 0 spiro atoms. The Morgan fingerprint density at radius 1 is 1.28 bits per heavy atom. The second kappa shape index (κ2) is 6.53. The van der Waals surface area contributed by atoms with Crippen molar-refractivity contribution in [3.63, 3.8) is 0 Å². The second-order valence-electron chi connectivity index (χ2n) is 5.56. The number of aromatic nitrogens is 1. The van der Waals surface area contributed by atoms with Gasteiger partial charge in [-0.2, -0.15) is 5.26 Å². The van der Waals surface area contributed by atoms with Gasteiger partial charge in [-0.1, -0.05) is 12.1 Å². The van der Waals surface area contributed by atoms with Crippen molar-refractivity contribution in [3.8, 4) is 6.07 Å². The molecule has 1 aromatic heterocycles. The molecule has 1 heterocycles. The largest absolute Gasteiger partial charge is 0.366 e. The Labute approximate surface area is 142 Å². The van der Waals surface area contributed by atoms with Crippen molar-refractivity contribution in [1.29, 1.82) is 5.26 Å². The zero-order chi connectivity index (χ0) is 18.0. The summed E-state index contributed by atoms with van der Waals surface area (Å²) in [5.41, 5.74) is 1.98. The molecule has 0 aliphatic rings. The zero-order valence-electron chi connectivity index (χ0n) is 13.3. The van der Waals surface area contributed by atoms with Crippen LogP contribution in [0.15, 0.2) is 42.5 Å². The molecule has 25 heavy (non-hydrogen) atoms. The van der Waals surface area contributed by atoms with Gasteiger partial charge in [0.05, 0.1) is 22.1 Å². The van der Waals surface area contributed by atoms with Gasteiger partial charge in [0.25, 0.3) is 5.69 Å². The predicted molar refractivity (Wildman–Crippen MR) is 91.6 cm³/mol. The molecule has 0 atom stereocenters. The summed E-state index contributed by atoms with van der Waals surface area (Å²) in [4.78, 5) is 14.7. The highest BCUT2D eigenvalue weighted by Crippen LogP contribution is 2.25. The number of pyridine rings is 1. The monoisotopic (exact) mass is 336 g/mol. The van der Waals surface area contributed by atoms with Crippen LogP contribution in [0.3, 0.4) is 0 Å². The van der Waals surface area contributed by atoms with Crippen LogP contribution < -0.4 is 5.32 Å². The van der Waals surface area contributed by atoms with Gasteiger partial charge in [0, 0.05) is 24.1 Å². The lowest BCUT2D eigenvalue weighted by Gasteiger charge is -2.09. The lowest BCUT2D eigenvalue weighted by Crippen LogP contribution is -2.03. The Hall–Kier alpha value is -3.53. The number of non-ortho nitro benzene ring substituents is 1. The number of nitrogens with one attached hydrogen (secondary N) is 1. The third-order valence-electron chi connectivity index (χ3n) is 3.83. The number of rotatable bonds is 4. The van der Waals surface area contributed by atoms with E-state index in [-0.39, 0.29) is 17.1 Å². The summed E-state index contributed by atoms with van der Waals surface area (Å²) in [5.74, 6) is 0.162. The number of anilines is 1. The number of hydrogen-bond acceptors (Lipinski definition) is 5. The van der Waals surface area contributed by atoms with Gasteiger partial charge in [0.2, 0.25) is 0 Å². The number of nitro benzene ring substituents is 1. The molecule has 0 saturated heterocycles. The van der Waals surface area contributed by atoms with Crippen LogP contribution in [-0.4, -0.2) is 9.91 Å². The van der Waals surface area contributed by atoms with Crippen LogP contribution in [0.4, 0.5) is 15.9 Å². The van der Waals surface area contributed by atoms with E-state index in [0.717, 1.165) is 5.56 Å². The minimum absolute atomic E-state index is 0.0957. The molecule has 6 nitrogen and oxygen atoms in total. The van der Waals surface area contributed by atoms with Crippen LogP contribution in [0.2, 0.25) is 0 Å². The highest BCUT2D eigenvalue weighted by Gasteiger charge is 2.11. The van der Waals surface area contributed by atoms with Crippen molar-refractivity contribution in [1.82, 2.24) is 4.98 Å². The Balaban J connectivity index is 1.92. The van der Waals surface area contributed by atoms with Gasteiger partial charge in [0.15, 0.2) is 0 Å². The fourth-order valence-corrected chi connectivity index (χ4v) is 2.45. The number of hydrogen-bond donors (Lipinski definition) is 1. The number of fused-ring (bicyclic) bond motifs is 1. The van der Waals surface area contributed by atoms with E-state index >= 15 is 0 Å². The Morgan fingerprint density at radius 3 is 2.76 bits per heavy atom. The first-order valence-electron chi connectivity index (χ1n) is 7.46. The fraction of sp³-hybridized carbons (Fsp3) is 0.111. The molecule has 7 heteroatoms. The normalized spacial score (nSPS) is 10.4. The van der Waals surface area contributed by atoms with E-state index in [2.05, 4.69) is 10.3 Å². The molecule has 0 radical (unpaired) electrons. The predicted octanol–water partition coefficient (Wildman–Crippen LogP) is 4.07. The van der Waals surface area contributed by atoms with Crippen molar-refractivity contribution in [2.24, 2.45) is 0 Å². The number of halogens is 1. The van der Waals surface area contributed by atoms with E-state index in [1.54, 1.807) is 19.1 Å². The van der Waals surface area contributed by atoms with Gasteiger partial charge < -0.3 is 5.32 Å². The van der Waals surface area contributed by atoms with Crippen molar-refractivity contribution < 1.29 is 9.31 Å². The van der Waals surface area contributed by atoms with Gasteiger partial charge in [0.1, 0.15) is 11.6 Å². The molecule has 0 aliphatic heterocycles. The zero-order valence-corrected chi connectivity index (χ0v) is 13.3. The summed E-state index contributed by atoms with van der Waals surface area (Å²) >= 11 is 0. The third-order valence-corrected chi connectivity index (χ3v) is 3.83. The standard InChI is InChI=1S/C18H13FN4O2/c1-11-2-3-12(6-16(11)19)10-21-18-7-13(9-20)15-8-14(23(24)25)4-5-17(15)22-18/h2-8H,10H2,1H3,(H,21,22). The van der Waals surface area contributed by atoms with Crippen LogP contribution >= 0.6 is 0 Å². The van der Waals surface area contributed by atoms with Crippen molar-refractivity contribution >= 4 is 22.4 Å². The average molecular weight is 336 g/mol. The molecule has 0 bridgehead atoms. The van der Waals surface area contributed by atoms with Gasteiger partial charge in [-0.3, -0.25) is 10.1 Å². The van der Waals surface area contributed by atoms with Gasteiger partial charge in [-0.15, -0.1) is 0 Å². The minimum atomic E-state index is -0.515. The number of benzene rings is 2. The molecular weight excluding hydrogens is 323 g/mol. The summed E-state index contributed by atoms with van der Waals surface area (Å²) in [7, 11) is 0. The van der Waals surface area contributed by atoms with Crippen LogP contribution in [0.5, 0.6) is 0 Å². The van der Waals surface area contributed by atoms with Crippen LogP contribution in [-0.2, 0) is 6.54 Å². The van der Waals surface area contributed by atoms with E-state index in [4.69, 9.17) is 0 Å². The maximum Gasteiger partial charge on any atom is 0.270 e. The Morgan fingerprint density at radius 2 is 2.08 bits per heavy atom. The van der Waals surface area contributed by atoms with Crippen LogP contribution in [0.25, 0.3) is 10.9 Å². The molecule has 2 aromatic carbocycles. The molecular formula is C18H13FN4O2. The summed E-state index contributed by atoms with van der Waals surface area (Å²) < 4.78 is 13.6. The van der Waals surface area contributed by atoms with E-state index < -0.39 is 4.92 Å². The molecule has 0 amide bonds. The highest BCUT2D eigenvalue weighted by molar-refractivity contribution is 5.88. The maximum absolute atomic E-state index is 13.6. The van der Waals surface area contributed by atoms with Gasteiger partial charge in [-0.05, 0) is 36.2 Å². The van der Waals surface area contributed by atoms with Crippen molar-refractivity contribution in [2.45, 2.75) is 13.5 Å². The third kappa shape index (κ3) is 3.38. The van der Waals surface area contributed by atoms with Crippen LogP contribution in [0.1, 0.15) is 16.7 Å². The summed E-state index contributed by atoms with van der Waals surface area (Å²) in [6, 6.07) is 12.7. The molecule has 1 N–H and O–H groups in total.